The van der Waals surface area contributed by atoms with E-state index >= 15 is 0 Å². The van der Waals surface area contributed by atoms with Gasteiger partial charge in [-0.2, -0.15) is 0 Å². The van der Waals surface area contributed by atoms with E-state index in [0.29, 0.717) is 4.60 Å². The van der Waals surface area contributed by atoms with Gasteiger partial charge in [-0.25, -0.2) is 18.4 Å². The summed E-state index contributed by atoms with van der Waals surface area (Å²) < 4.78 is 73.8. The zero-order valence-electron chi connectivity index (χ0n) is 14.9. The van der Waals surface area contributed by atoms with Gasteiger partial charge in [-0.05, 0) is 45.8 Å². The molecule has 30 heavy (non-hydrogen) atoms. The lowest BCUT2D eigenvalue weighted by Crippen LogP contribution is -2.18. The van der Waals surface area contributed by atoms with E-state index in [0.717, 1.165) is 29.8 Å². The topological polar surface area (TPSA) is 90.4 Å². The fraction of sp³-hybridized carbons (Fsp3) is 0.111. The number of rotatable bonds is 7. The van der Waals surface area contributed by atoms with E-state index in [9.17, 15) is 21.6 Å². The Labute approximate surface area is 178 Å². The van der Waals surface area contributed by atoms with Crippen molar-refractivity contribution in [3.8, 4) is 11.6 Å². The highest BCUT2D eigenvalue weighted by molar-refractivity contribution is 9.10. The number of ether oxygens (including phenoxy) is 2. The molecule has 0 bridgehead atoms. The molecule has 0 saturated carbocycles. The highest BCUT2D eigenvalue weighted by atomic mass is 79.9. The van der Waals surface area contributed by atoms with Gasteiger partial charge in [0.2, 0.25) is 5.82 Å². The molecule has 0 aliphatic rings. The highest BCUT2D eigenvalue weighted by Gasteiger charge is 2.31. The van der Waals surface area contributed by atoms with Gasteiger partial charge in [-0.3, -0.25) is 4.72 Å². The number of nitrogens with one attached hydrogen (secondary N) is 1. The Morgan fingerprint density at radius 2 is 1.70 bits per heavy atom. The molecule has 0 atom stereocenters. The van der Waals surface area contributed by atoms with Gasteiger partial charge in [-0.15, -0.1) is 13.2 Å². The molecule has 0 spiro atoms. The van der Waals surface area contributed by atoms with Gasteiger partial charge >= 0.3 is 6.36 Å². The first-order valence-electron chi connectivity index (χ1n) is 8.20. The van der Waals surface area contributed by atoms with Crippen LogP contribution in [0.15, 0.2) is 70.3 Å². The second kappa shape index (κ2) is 8.88. The number of anilines is 1. The molecule has 3 rings (SSSR count). The summed E-state index contributed by atoms with van der Waals surface area (Å²) >= 11 is 3.14. The Morgan fingerprint density at radius 3 is 2.33 bits per heavy atom. The lowest BCUT2D eigenvalue weighted by atomic mass is 10.2. The Morgan fingerprint density at radius 1 is 1.03 bits per heavy atom. The maximum atomic E-state index is 12.6. The first-order chi connectivity index (χ1) is 14.1. The summed E-state index contributed by atoms with van der Waals surface area (Å²) in [7, 11) is -4.18. The van der Waals surface area contributed by atoms with Crippen molar-refractivity contribution in [1.29, 1.82) is 0 Å². The zero-order chi connectivity index (χ0) is 21.8. The van der Waals surface area contributed by atoms with Crippen molar-refractivity contribution < 1.29 is 31.1 Å². The fourth-order valence-corrected chi connectivity index (χ4v) is 3.53. The van der Waals surface area contributed by atoms with Crippen molar-refractivity contribution >= 4 is 31.8 Å². The summed E-state index contributed by atoms with van der Waals surface area (Å²) in [5.41, 5.74) is 0.827. The van der Waals surface area contributed by atoms with Crippen LogP contribution in [0.1, 0.15) is 5.56 Å². The quantitative estimate of drug-likeness (QED) is 0.509. The van der Waals surface area contributed by atoms with E-state index < -0.39 is 22.1 Å². The normalized spacial score (nSPS) is 11.7. The van der Waals surface area contributed by atoms with Crippen LogP contribution in [-0.4, -0.2) is 24.7 Å². The zero-order valence-corrected chi connectivity index (χ0v) is 17.3. The van der Waals surface area contributed by atoms with Crippen molar-refractivity contribution in [3.05, 3.63) is 71.0 Å². The maximum absolute atomic E-state index is 12.6. The largest absolute Gasteiger partial charge is 0.573 e. The SMILES string of the molecule is O=S(=O)(Nc1ncc(Br)nc1OCc1ccccc1)c1ccc(OC(F)(F)F)cc1. The van der Waals surface area contributed by atoms with Crippen molar-refractivity contribution in [2.75, 3.05) is 4.72 Å². The van der Waals surface area contributed by atoms with E-state index in [1.165, 1.54) is 6.20 Å². The van der Waals surface area contributed by atoms with Crippen molar-refractivity contribution in [3.63, 3.8) is 0 Å². The minimum atomic E-state index is -4.88. The summed E-state index contributed by atoms with van der Waals surface area (Å²) in [6.07, 6.45) is -3.61. The Balaban J connectivity index is 1.79. The number of hydrogen-bond donors (Lipinski definition) is 1. The van der Waals surface area contributed by atoms with E-state index in [2.05, 4.69) is 35.4 Å². The van der Waals surface area contributed by atoms with E-state index in [-0.39, 0.29) is 23.2 Å². The molecule has 1 aromatic heterocycles. The van der Waals surface area contributed by atoms with Crippen LogP contribution in [0.4, 0.5) is 19.0 Å². The molecule has 0 amide bonds. The Bertz CT molecular complexity index is 1110. The summed E-state index contributed by atoms with van der Waals surface area (Å²) in [4.78, 5) is 7.75. The van der Waals surface area contributed by atoms with Crippen molar-refractivity contribution in [1.82, 2.24) is 9.97 Å². The van der Waals surface area contributed by atoms with E-state index in [4.69, 9.17) is 4.74 Å². The summed E-state index contributed by atoms with van der Waals surface area (Å²) in [6, 6.07) is 12.8. The molecule has 12 heteroatoms. The standard InChI is InChI=1S/C18H13BrF3N3O4S/c19-15-10-23-16(17(24-15)28-11-12-4-2-1-3-5-12)25-30(26,27)14-8-6-13(7-9-14)29-18(20,21)22/h1-10H,11H2,(H,23,25). The lowest BCUT2D eigenvalue weighted by Gasteiger charge is -2.13. The van der Waals surface area contributed by atoms with Gasteiger partial charge in [0.15, 0.2) is 0 Å². The third-order valence-corrected chi connectivity index (χ3v) is 5.27. The minimum Gasteiger partial charge on any atom is -0.470 e. The highest BCUT2D eigenvalue weighted by Crippen LogP contribution is 2.27. The molecule has 0 radical (unpaired) electrons. The van der Waals surface area contributed by atoms with Crippen LogP contribution in [-0.2, 0) is 16.6 Å². The van der Waals surface area contributed by atoms with Gasteiger partial charge in [0, 0.05) is 0 Å². The molecule has 1 heterocycles. The number of nitrogens with zero attached hydrogens (tertiary/aromatic N) is 2. The maximum Gasteiger partial charge on any atom is 0.573 e. The number of benzene rings is 2. The molecular weight excluding hydrogens is 491 g/mol. The number of hydrogen-bond acceptors (Lipinski definition) is 6. The van der Waals surface area contributed by atoms with Crippen LogP contribution in [0.25, 0.3) is 0 Å². The second-order valence-corrected chi connectivity index (χ2v) is 8.24. The van der Waals surface area contributed by atoms with Crippen LogP contribution in [0.3, 0.4) is 0 Å². The van der Waals surface area contributed by atoms with Crippen LogP contribution >= 0.6 is 15.9 Å². The van der Waals surface area contributed by atoms with Gasteiger partial charge in [0.25, 0.3) is 15.9 Å². The monoisotopic (exact) mass is 503 g/mol. The van der Waals surface area contributed by atoms with Crippen molar-refractivity contribution in [2.24, 2.45) is 0 Å². The van der Waals surface area contributed by atoms with Gasteiger partial charge in [0.1, 0.15) is 17.0 Å². The number of aromatic nitrogens is 2. The van der Waals surface area contributed by atoms with Crippen LogP contribution in [0.5, 0.6) is 11.6 Å². The molecule has 0 unspecified atom stereocenters. The average molecular weight is 504 g/mol. The molecule has 0 saturated heterocycles. The Hall–Kier alpha value is -2.86. The third-order valence-electron chi connectivity index (χ3n) is 3.53. The van der Waals surface area contributed by atoms with Crippen LogP contribution < -0.4 is 14.2 Å². The molecule has 0 fully saturated rings. The molecular formula is C18H13BrF3N3O4S. The number of sulfonamides is 1. The summed E-state index contributed by atoms with van der Waals surface area (Å²) in [5, 5.41) is 0. The predicted molar refractivity (Wildman–Crippen MR) is 104 cm³/mol. The minimum absolute atomic E-state index is 0.0752. The van der Waals surface area contributed by atoms with E-state index in [1.54, 1.807) is 0 Å². The van der Waals surface area contributed by atoms with Crippen LogP contribution in [0, 0.1) is 0 Å². The molecule has 7 nitrogen and oxygen atoms in total. The molecule has 3 aromatic rings. The predicted octanol–water partition coefficient (Wildman–Crippen LogP) is 4.52. The molecule has 0 aliphatic heterocycles. The summed E-state index contributed by atoms with van der Waals surface area (Å²) in [5.74, 6) is -0.796. The average Bonchev–Trinajstić information content (AvgIpc) is 2.68. The first-order valence-corrected chi connectivity index (χ1v) is 10.5. The van der Waals surface area contributed by atoms with E-state index in [1.807, 2.05) is 30.3 Å². The van der Waals surface area contributed by atoms with Gasteiger partial charge in [0.05, 0.1) is 11.1 Å². The lowest BCUT2D eigenvalue weighted by molar-refractivity contribution is -0.274. The fourth-order valence-electron chi connectivity index (χ4n) is 2.26. The summed E-state index contributed by atoms with van der Waals surface area (Å²) in [6.45, 7) is 0.115. The van der Waals surface area contributed by atoms with Gasteiger partial charge in [-0.1, -0.05) is 30.3 Å². The molecule has 1 N–H and O–H groups in total. The number of alkyl halides is 3. The number of halogens is 4. The Kier molecular flexibility index (Phi) is 6.46. The van der Waals surface area contributed by atoms with Crippen molar-refractivity contribution in [2.45, 2.75) is 17.9 Å². The van der Waals surface area contributed by atoms with Crippen LogP contribution in [0.2, 0.25) is 0 Å². The first kappa shape index (κ1) is 21.8. The molecule has 158 valence electrons. The smallest absolute Gasteiger partial charge is 0.470 e. The molecule has 2 aromatic carbocycles. The second-order valence-electron chi connectivity index (χ2n) is 5.75. The van der Waals surface area contributed by atoms with Gasteiger partial charge < -0.3 is 9.47 Å². The molecule has 0 aliphatic carbocycles. The third kappa shape index (κ3) is 6.07.